The fourth-order valence-electron chi connectivity index (χ4n) is 0.828. The van der Waals surface area contributed by atoms with Crippen molar-refractivity contribution in [2.24, 2.45) is 5.92 Å². The molecule has 4 nitrogen and oxygen atoms in total. The van der Waals surface area contributed by atoms with E-state index in [1.807, 2.05) is 20.9 Å². The predicted octanol–water partition coefficient (Wildman–Crippen LogP) is 0.764. The van der Waals surface area contributed by atoms with E-state index in [1.54, 1.807) is 7.11 Å². The Morgan fingerprint density at radius 3 is 2.36 bits per heavy atom. The lowest BCUT2D eigenvalue weighted by Crippen LogP contribution is -2.28. The summed E-state index contributed by atoms with van der Waals surface area (Å²) in [5.74, 6) is -0.176. The average molecular weight is 203 g/mol. The number of nitrogens with zero attached hydrogens (tertiary/aromatic N) is 1. The molecule has 0 amide bonds. The number of carbonyl (C=O) groups excluding carboxylic acids is 1. The minimum Gasteiger partial charge on any atom is -0.464 e. The Morgan fingerprint density at radius 2 is 1.86 bits per heavy atom. The molecule has 0 aliphatic heterocycles. The van der Waals surface area contributed by atoms with Crippen molar-refractivity contribution in [1.29, 1.82) is 0 Å². The maximum Gasteiger partial charge on any atom is 0.308 e. The zero-order valence-corrected chi connectivity index (χ0v) is 9.58. The van der Waals surface area contributed by atoms with Gasteiger partial charge in [0.05, 0.1) is 12.5 Å². The topological polar surface area (TPSA) is 38.8 Å². The summed E-state index contributed by atoms with van der Waals surface area (Å²) in [6, 6.07) is 0. The van der Waals surface area contributed by atoms with Crippen molar-refractivity contribution in [1.82, 2.24) is 4.90 Å². The second-order valence-corrected chi connectivity index (χ2v) is 3.62. The van der Waals surface area contributed by atoms with Crippen molar-refractivity contribution in [2.75, 3.05) is 40.5 Å². The Bertz CT molecular complexity index is 159. The van der Waals surface area contributed by atoms with Crippen molar-refractivity contribution < 1.29 is 14.3 Å². The SMILES string of the molecule is COCCN(C)CCOC(=O)C(C)C. The van der Waals surface area contributed by atoms with Crippen LogP contribution in [0, 0.1) is 5.92 Å². The van der Waals surface area contributed by atoms with Crippen molar-refractivity contribution in [3.8, 4) is 0 Å². The van der Waals surface area contributed by atoms with E-state index in [-0.39, 0.29) is 11.9 Å². The molecule has 0 aromatic heterocycles. The van der Waals surface area contributed by atoms with Gasteiger partial charge < -0.3 is 14.4 Å². The molecule has 0 saturated carbocycles. The second kappa shape index (κ2) is 7.76. The highest BCUT2D eigenvalue weighted by atomic mass is 16.5. The fourth-order valence-corrected chi connectivity index (χ4v) is 0.828. The van der Waals surface area contributed by atoms with Crippen molar-refractivity contribution in [3.63, 3.8) is 0 Å². The summed E-state index contributed by atoms with van der Waals surface area (Å²) in [7, 11) is 3.65. The van der Waals surface area contributed by atoms with Gasteiger partial charge in [-0.2, -0.15) is 0 Å². The third-order valence-electron chi connectivity index (χ3n) is 1.87. The lowest BCUT2D eigenvalue weighted by Gasteiger charge is -2.16. The van der Waals surface area contributed by atoms with E-state index in [4.69, 9.17) is 9.47 Å². The molecule has 84 valence electrons. The van der Waals surface area contributed by atoms with E-state index in [9.17, 15) is 4.79 Å². The zero-order chi connectivity index (χ0) is 11.0. The van der Waals surface area contributed by atoms with E-state index in [1.165, 1.54) is 0 Å². The summed E-state index contributed by atoms with van der Waals surface area (Å²) in [4.78, 5) is 13.1. The predicted molar refractivity (Wildman–Crippen MR) is 55.2 cm³/mol. The molecule has 0 saturated heterocycles. The lowest BCUT2D eigenvalue weighted by atomic mass is 10.2. The van der Waals surface area contributed by atoms with Gasteiger partial charge in [0.2, 0.25) is 0 Å². The molecule has 0 spiro atoms. The van der Waals surface area contributed by atoms with Crippen LogP contribution in [-0.4, -0.2) is 51.3 Å². The molecule has 0 radical (unpaired) electrons. The molecule has 0 bridgehead atoms. The number of hydrogen-bond acceptors (Lipinski definition) is 4. The number of rotatable bonds is 7. The first-order valence-corrected chi connectivity index (χ1v) is 4.92. The van der Waals surface area contributed by atoms with Gasteiger partial charge in [-0.15, -0.1) is 0 Å². The van der Waals surface area contributed by atoms with Crippen LogP contribution >= 0.6 is 0 Å². The highest BCUT2D eigenvalue weighted by Gasteiger charge is 2.07. The molecule has 0 aromatic rings. The smallest absolute Gasteiger partial charge is 0.308 e. The number of ether oxygens (including phenoxy) is 2. The van der Waals surface area contributed by atoms with Crippen LogP contribution in [0.5, 0.6) is 0 Å². The molecule has 0 aliphatic carbocycles. The van der Waals surface area contributed by atoms with Gasteiger partial charge in [0.15, 0.2) is 0 Å². The summed E-state index contributed by atoms with van der Waals surface area (Å²) >= 11 is 0. The van der Waals surface area contributed by atoms with Crippen molar-refractivity contribution in [3.05, 3.63) is 0 Å². The quantitative estimate of drug-likeness (QED) is 0.573. The number of hydrogen-bond donors (Lipinski definition) is 0. The minimum atomic E-state index is -0.134. The molecule has 0 aromatic carbocycles. The number of likely N-dealkylation sites (N-methyl/N-ethyl adjacent to an activating group) is 1. The molecule has 0 rings (SSSR count). The highest BCUT2D eigenvalue weighted by molar-refractivity contribution is 5.71. The Kier molecular flexibility index (Phi) is 7.42. The Morgan fingerprint density at radius 1 is 1.29 bits per heavy atom. The fraction of sp³-hybridized carbons (Fsp3) is 0.900. The normalized spacial score (nSPS) is 11.0. The standard InChI is InChI=1S/C10H21NO3/c1-9(2)10(12)14-8-6-11(3)5-7-13-4/h9H,5-8H2,1-4H3. The number of carbonyl (C=O) groups is 1. The van der Waals surface area contributed by atoms with Gasteiger partial charge in [0.1, 0.15) is 6.61 Å². The largest absolute Gasteiger partial charge is 0.464 e. The number of methoxy groups -OCH3 is 1. The van der Waals surface area contributed by atoms with Crippen LogP contribution in [0.4, 0.5) is 0 Å². The monoisotopic (exact) mass is 203 g/mol. The Balaban J connectivity index is 3.39. The maximum absolute atomic E-state index is 11.1. The van der Waals surface area contributed by atoms with E-state index in [0.29, 0.717) is 13.2 Å². The Labute approximate surface area is 86.2 Å². The summed E-state index contributed by atoms with van der Waals surface area (Å²) in [5, 5.41) is 0. The van der Waals surface area contributed by atoms with Gasteiger partial charge in [-0.05, 0) is 7.05 Å². The molecular formula is C10H21NO3. The third-order valence-corrected chi connectivity index (χ3v) is 1.87. The number of esters is 1. The summed E-state index contributed by atoms with van der Waals surface area (Å²) in [6.07, 6.45) is 0. The average Bonchev–Trinajstić information content (AvgIpc) is 2.14. The third kappa shape index (κ3) is 6.86. The van der Waals surface area contributed by atoms with Gasteiger partial charge in [0.25, 0.3) is 0 Å². The van der Waals surface area contributed by atoms with Crippen LogP contribution in [-0.2, 0) is 14.3 Å². The maximum atomic E-state index is 11.1. The Hall–Kier alpha value is -0.610. The van der Waals surface area contributed by atoms with Gasteiger partial charge in [0, 0.05) is 20.2 Å². The van der Waals surface area contributed by atoms with E-state index in [0.717, 1.165) is 13.1 Å². The first kappa shape index (κ1) is 13.4. The van der Waals surface area contributed by atoms with Crippen LogP contribution in [0.2, 0.25) is 0 Å². The minimum absolute atomic E-state index is 0.0423. The van der Waals surface area contributed by atoms with Crippen LogP contribution in [0.3, 0.4) is 0 Å². The molecule has 0 heterocycles. The first-order valence-electron chi connectivity index (χ1n) is 4.92. The van der Waals surface area contributed by atoms with E-state index in [2.05, 4.69) is 4.90 Å². The van der Waals surface area contributed by atoms with Gasteiger partial charge in [-0.25, -0.2) is 0 Å². The van der Waals surface area contributed by atoms with Gasteiger partial charge >= 0.3 is 5.97 Å². The second-order valence-electron chi connectivity index (χ2n) is 3.62. The molecule has 0 unspecified atom stereocenters. The lowest BCUT2D eigenvalue weighted by molar-refractivity contribution is -0.147. The van der Waals surface area contributed by atoms with Crippen LogP contribution < -0.4 is 0 Å². The molecule has 0 aliphatic rings. The van der Waals surface area contributed by atoms with Gasteiger partial charge in [-0.3, -0.25) is 4.79 Å². The zero-order valence-electron chi connectivity index (χ0n) is 9.58. The van der Waals surface area contributed by atoms with Crippen LogP contribution in [0.1, 0.15) is 13.8 Å². The summed E-state index contributed by atoms with van der Waals surface area (Å²) in [6.45, 7) is 6.43. The molecule has 0 atom stereocenters. The molecule has 0 N–H and O–H groups in total. The molecular weight excluding hydrogens is 182 g/mol. The summed E-state index contributed by atoms with van der Waals surface area (Å²) in [5.41, 5.74) is 0. The highest BCUT2D eigenvalue weighted by Crippen LogP contribution is 1.95. The molecule has 0 fully saturated rings. The molecule has 14 heavy (non-hydrogen) atoms. The molecule has 4 heteroatoms. The van der Waals surface area contributed by atoms with E-state index >= 15 is 0 Å². The van der Waals surface area contributed by atoms with E-state index < -0.39 is 0 Å². The summed E-state index contributed by atoms with van der Waals surface area (Å²) < 4.78 is 9.96. The van der Waals surface area contributed by atoms with Crippen LogP contribution in [0.15, 0.2) is 0 Å². The van der Waals surface area contributed by atoms with Crippen LogP contribution in [0.25, 0.3) is 0 Å². The first-order chi connectivity index (χ1) is 6.57. The van der Waals surface area contributed by atoms with Crippen molar-refractivity contribution >= 4 is 5.97 Å². The van der Waals surface area contributed by atoms with Crippen molar-refractivity contribution in [2.45, 2.75) is 13.8 Å². The van der Waals surface area contributed by atoms with Gasteiger partial charge in [-0.1, -0.05) is 13.8 Å².